The molecule has 1 amide bonds. The van der Waals surface area contributed by atoms with Crippen molar-refractivity contribution in [2.24, 2.45) is 0 Å². The number of anilines is 1. The van der Waals surface area contributed by atoms with Gasteiger partial charge in [0.15, 0.2) is 0 Å². The summed E-state index contributed by atoms with van der Waals surface area (Å²) in [7, 11) is 0. The van der Waals surface area contributed by atoms with Gasteiger partial charge in [0.2, 0.25) is 11.8 Å². The van der Waals surface area contributed by atoms with Gasteiger partial charge in [-0.2, -0.15) is 0 Å². The number of carbonyl (C=O) groups excluding carboxylic acids is 1. The Hall–Kier alpha value is -1.40. The molecule has 1 atom stereocenters. The normalized spacial score (nSPS) is 19.9. The molecule has 1 aromatic rings. The minimum atomic E-state index is -0.139. The average Bonchev–Trinajstić information content (AvgIpc) is 3.03. The van der Waals surface area contributed by atoms with Crippen molar-refractivity contribution in [1.29, 1.82) is 0 Å². The molecule has 118 valence electrons. The number of aromatic nitrogens is 1. The summed E-state index contributed by atoms with van der Waals surface area (Å²) < 4.78 is 5.20. The lowest BCUT2D eigenvalue weighted by atomic mass is 9.92. The van der Waals surface area contributed by atoms with E-state index in [0.717, 1.165) is 31.6 Å². The standard InChI is InChI=1S/C15H25N3O3/c1-15(2,3)12-10-13(21-17-12)16-14(20)11-6-4-7-18(11)8-5-9-19/h10-11,19H,4-9H2,1-3H3,(H,16,20). The van der Waals surface area contributed by atoms with Gasteiger partial charge in [-0.05, 0) is 25.8 Å². The summed E-state index contributed by atoms with van der Waals surface area (Å²) in [4.78, 5) is 14.5. The fourth-order valence-corrected chi connectivity index (χ4v) is 2.56. The molecular formula is C15H25N3O3. The van der Waals surface area contributed by atoms with E-state index >= 15 is 0 Å². The summed E-state index contributed by atoms with van der Waals surface area (Å²) in [6.07, 6.45) is 2.55. The number of aliphatic hydroxyl groups excluding tert-OH is 1. The summed E-state index contributed by atoms with van der Waals surface area (Å²) in [5.74, 6) is 0.348. The molecule has 1 saturated heterocycles. The van der Waals surface area contributed by atoms with Gasteiger partial charge < -0.3 is 9.63 Å². The zero-order chi connectivity index (χ0) is 15.5. The van der Waals surface area contributed by atoms with Crippen molar-refractivity contribution < 1.29 is 14.4 Å². The Morgan fingerprint density at radius 3 is 2.95 bits per heavy atom. The Kier molecular flexibility index (Phi) is 5.00. The lowest BCUT2D eigenvalue weighted by Gasteiger charge is -2.22. The molecule has 0 saturated carbocycles. The van der Waals surface area contributed by atoms with Crippen LogP contribution in [-0.2, 0) is 10.2 Å². The highest BCUT2D eigenvalue weighted by molar-refractivity contribution is 5.93. The lowest BCUT2D eigenvalue weighted by molar-refractivity contribution is -0.120. The third-order valence-electron chi connectivity index (χ3n) is 3.79. The Balaban J connectivity index is 1.96. The molecule has 1 fully saturated rings. The monoisotopic (exact) mass is 295 g/mol. The van der Waals surface area contributed by atoms with Gasteiger partial charge in [-0.1, -0.05) is 25.9 Å². The number of likely N-dealkylation sites (tertiary alicyclic amines) is 1. The van der Waals surface area contributed by atoms with E-state index in [2.05, 4.69) is 15.4 Å². The molecule has 6 heteroatoms. The van der Waals surface area contributed by atoms with E-state index in [-0.39, 0.29) is 24.0 Å². The van der Waals surface area contributed by atoms with Crippen molar-refractivity contribution in [3.8, 4) is 0 Å². The zero-order valence-electron chi connectivity index (χ0n) is 13.1. The molecule has 1 aromatic heterocycles. The Bertz CT molecular complexity index is 479. The molecule has 0 aromatic carbocycles. The molecule has 2 N–H and O–H groups in total. The highest BCUT2D eigenvalue weighted by Gasteiger charge is 2.31. The number of rotatable bonds is 5. The third-order valence-corrected chi connectivity index (χ3v) is 3.79. The second-order valence-electron chi connectivity index (χ2n) is 6.59. The maximum atomic E-state index is 12.3. The number of nitrogens with zero attached hydrogens (tertiary/aromatic N) is 2. The van der Waals surface area contributed by atoms with Crippen molar-refractivity contribution in [2.45, 2.75) is 51.5 Å². The summed E-state index contributed by atoms with van der Waals surface area (Å²) in [5.41, 5.74) is 0.717. The molecule has 2 heterocycles. The second kappa shape index (κ2) is 6.58. The molecule has 0 aliphatic carbocycles. The molecular weight excluding hydrogens is 270 g/mol. The van der Waals surface area contributed by atoms with Crippen LogP contribution >= 0.6 is 0 Å². The van der Waals surface area contributed by atoms with Crippen LogP contribution in [0.3, 0.4) is 0 Å². The quantitative estimate of drug-likeness (QED) is 0.865. The van der Waals surface area contributed by atoms with Crippen LogP contribution < -0.4 is 5.32 Å². The molecule has 0 bridgehead atoms. The van der Waals surface area contributed by atoms with Crippen molar-refractivity contribution in [2.75, 3.05) is 25.0 Å². The first kappa shape index (κ1) is 16.0. The van der Waals surface area contributed by atoms with E-state index in [4.69, 9.17) is 9.63 Å². The van der Waals surface area contributed by atoms with Gasteiger partial charge in [0.25, 0.3) is 0 Å². The van der Waals surface area contributed by atoms with E-state index in [1.807, 2.05) is 20.8 Å². The summed E-state index contributed by atoms with van der Waals surface area (Å²) in [6, 6.07) is 1.64. The van der Waals surface area contributed by atoms with Gasteiger partial charge in [-0.15, -0.1) is 0 Å². The van der Waals surface area contributed by atoms with Crippen LogP contribution in [0.25, 0.3) is 0 Å². The van der Waals surface area contributed by atoms with Crippen molar-refractivity contribution in [1.82, 2.24) is 10.1 Å². The topological polar surface area (TPSA) is 78.6 Å². The molecule has 1 aliphatic rings. The van der Waals surface area contributed by atoms with Crippen LogP contribution in [0.4, 0.5) is 5.88 Å². The van der Waals surface area contributed by atoms with Gasteiger partial charge in [0, 0.05) is 24.6 Å². The summed E-state index contributed by atoms with van der Waals surface area (Å²) >= 11 is 0. The predicted octanol–water partition coefficient (Wildman–Crippen LogP) is 1.76. The first-order valence-corrected chi connectivity index (χ1v) is 7.55. The first-order chi connectivity index (χ1) is 9.91. The highest BCUT2D eigenvalue weighted by atomic mass is 16.5. The number of amides is 1. The number of hydrogen-bond acceptors (Lipinski definition) is 5. The van der Waals surface area contributed by atoms with E-state index in [0.29, 0.717) is 12.3 Å². The van der Waals surface area contributed by atoms with Crippen LogP contribution in [0, 0.1) is 0 Å². The fourth-order valence-electron chi connectivity index (χ4n) is 2.56. The van der Waals surface area contributed by atoms with Gasteiger partial charge in [-0.3, -0.25) is 15.0 Å². The van der Waals surface area contributed by atoms with E-state index in [1.54, 1.807) is 6.07 Å². The minimum Gasteiger partial charge on any atom is -0.396 e. The zero-order valence-corrected chi connectivity index (χ0v) is 13.1. The SMILES string of the molecule is CC(C)(C)c1cc(NC(=O)C2CCCN2CCCO)on1. The van der Waals surface area contributed by atoms with Gasteiger partial charge in [0.05, 0.1) is 11.7 Å². The van der Waals surface area contributed by atoms with Crippen LogP contribution in [-0.4, -0.2) is 46.8 Å². The fraction of sp³-hybridized carbons (Fsp3) is 0.733. The number of aliphatic hydroxyl groups is 1. The summed E-state index contributed by atoms with van der Waals surface area (Å²) in [6.45, 7) is 7.94. The maximum Gasteiger partial charge on any atom is 0.244 e. The number of nitrogens with one attached hydrogen (secondary N) is 1. The van der Waals surface area contributed by atoms with E-state index in [1.165, 1.54) is 0 Å². The Labute approximate surface area is 125 Å². The number of carbonyl (C=O) groups is 1. The minimum absolute atomic E-state index is 0.0537. The van der Waals surface area contributed by atoms with Gasteiger partial charge in [-0.25, -0.2) is 0 Å². The van der Waals surface area contributed by atoms with Gasteiger partial charge >= 0.3 is 0 Å². The highest BCUT2D eigenvalue weighted by Crippen LogP contribution is 2.24. The average molecular weight is 295 g/mol. The lowest BCUT2D eigenvalue weighted by Crippen LogP contribution is -2.40. The number of hydrogen-bond donors (Lipinski definition) is 2. The Morgan fingerprint density at radius 2 is 2.33 bits per heavy atom. The molecule has 6 nitrogen and oxygen atoms in total. The maximum absolute atomic E-state index is 12.3. The largest absolute Gasteiger partial charge is 0.396 e. The molecule has 0 radical (unpaired) electrons. The van der Waals surface area contributed by atoms with Crippen molar-refractivity contribution in [3.63, 3.8) is 0 Å². The van der Waals surface area contributed by atoms with Crippen LogP contribution in [0.1, 0.15) is 45.7 Å². The smallest absolute Gasteiger partial charge is 0.244 e. The van der Waals surface area contributed by atoms with Crippen molar-refractivity contribution >= 4 is 11.8 Å². The van der Waals surface area contributed by atoms with Gasteiger partial charge in [0.1, 0.15) is 0 Å². The van der Waals surface area contributed by atoms with Crippen LogP contribution in [0.15, 0.2) is 10.6 Å². The molecule has 21 heavy (non-hydrogen) atoms. The molecule has 0 spiro atoms. The summed E-state index contributed by atoms with van der Waals surface area (Å²) in [5, 5.41) is 15.7. The van der Waals surface area contributed by atoms with E-state index in [9.17, 15) is 4.79 Å². The van der Waals surface area contributed by atoms with Crippen LogP contribution in [0.2, 0.25) is 0 Å². The molecule has 2 rings (SSSR count). The van der Waals surface area contributed by atoms with Crippen molar-refractivity contribution in [3.05, 3.63) is 11.8 Å². The molecule has 1 aliphatic heterocycles. The second-order valence-corrected chi connectivity index (χ2v) is 6.59. The van der Waals surface area contributed by atoms with E-state index < -0.39 is 0 Å². The first-order valence-electron chi connectivity index (χ1n) is 7.55. The predicted molar refractivity (Wildman–Crippen MR) is 80.1 cm³/mol. The third kappa shape index (κ3) is 4.04. The van der Waals surface area contributed by atoms with Crippen LogP contribution in [0.5, 0.6) is 0 Å². The molecule has 1 unspecified atom stereocenters. The Morgan fingerprint density at radius 1 is 1.57 bits per heavy atom.